The molecule has 0 radical (unpaired) electrons. The highest BCUT2D eigenvalue weighted by atomic mass is 16.5. The van der Waals surface area contributed by atoms with Crippen molar-refractivity contribution in [3.05, 3.63) is 33.7 Å². The normalized spacial score (nSPS) is 15.9. The summed E-state index contributed by atoms with van der Waals surface area (Å²) in [5.74, 6) is 0. The van der Waals surface area contributed by atoms with E-state index >= 15 is 0 Å². The second-order valence-electron chi connectivity index (χ2n) is 4.55. The maximum absolute atomic E-state index is 11.9. The summed E-state index contributed by atoms with van der Waals surface area (Å²) < 4.78 is 7.05. The lowest BCUT2D eigenvalue weighted by atomic mass is 10.2. The lowest BCUT2D eigenvalue weighted by Crippen LogP contribution is -2.38. The summed E-state index contributed by atoms with van der Waals surface area (Å²) in [6.07, 6.45) is 3.28. The third-order valence-corrected chi connectivity index (χ3v) is 3.43. The van der Waals surface area contributed by atoms with Crippen LogP contribution in [-0.2, 0) is 24.1 Å². The molecule has 1 aromatic rings. The minimum atomic E-state index is 0.0991. The Balaban J connectivity index is 2.26. The second kappa shape index (κ2) is 5.47. The van der Waals surface area contributed by atoms with E-state index in [1.54, 1.807) is 13.2 Å². The number of likely N-dealkylation sites (N-methyl/N-ethyl adjacent to an activating group) is 1. The lowest BCUT2D eigenvalue weighted by molar-refractivity contribution is 0.161. The average molecular weight is 236 g/mol. The van der Waals surface area contributed by atoms with Gasteiger partial charge in [0, 0.05) is 31.5 Å². The summed E-state index contributed by atoms with van der Waals surface area (Å²) in [7, 11) is 3.58. The highest BCUT2D eigenvalue weighted by molar-refractivity contribution is 5.25. The van der Waals surface area contributed by atoms with Crippen LogP contribution in [0.1, 0.15) is 17.7 Å². The molecule has 1 aliphatic carbocycles. The highest BCUT2D eigenvalue weighted by Crippen LogP contribution is 2.19. The highest BCUT2D eigenvalue weighted by Gasteiger charge is 2.17. The van der Waals surface area contributed by atoms with Crippen molar-refractivity contribution in [3.8, 4) is 0 Å². The standard InChI is InChI=1S/C13H20N2O2/c1-14-11(9-17-2)8-15-12-5-3-4-10(12)6-7-13(15)16/h6-7,11,14H,3-5,8-9H2,1-2H3. The Morgan fingerprint density at radius 2 is 2.29 bits per heavy atom. The Bertz CT molecular complexity index is 440. The molecule has 1 N–H and O–H groups in total. The summed E-state index contributed by atoms with van der Waals surface area (Å²) in [6.45, 7) is 1.30. The van der Waals surface area contributed by atoms with Gasteiger partial charge in [-0.05, 0) is 31.9 Å². The van der Waals surface area contributed by atoms with Gasteiger partial charge in [0.25, 0.3) is 5.56 Å². The van der Waals surface area contributed by atoms with Crippen LogP contribution < -0.4 is 10.9 Å². The fourth-order valence-electron chi connectivity index (χ4n) is 2.48. The largest absolute Gasteiger partial charge is 0.383 e. The Kier molecular flexibility index (Phi) is 3.97. The van der Waals surface area contributed by atoms with Crippen molar-refractivity contribution in [1.29, 1.82) is 0 Å². The number of aromatic nitrogens is 1. The molecule has 0 bridgehead atoms. The number of nitrogens with zero attached hydrogens (tertiary/aromatic N) is 1. The molecule has 0 fully saturated rings. The molecule has 0 amide bonds. The van der Waals surface area contributed by atoms with Crippen LogP contribution in [0.4, 0.5) is 0 Å². The molecular formula is C13H20N2O2. The Hall–Kier alpha value is -1.13. The first-order valence-electron chi connectivity index (χ1n) is 6.14. The number of rotatable bonds is 5. The molecule has 4 heteroatoms. The van der Waals surface area contributed by atoms with E-state index in [0.717, 1.165) is 19.3 Å². The van der Waals surface area contributed by atoms with E-state index in [-0.39, 0.29) is 11.6 Å². The maximum Gasteiger partial charge on any atom is 0.250 e. The minimum absolute atomic E-state index is 0.0991. The van der Waals surface area contributed by atoms with Crippen molar-refractivity contribution in [2.75, 3.05) is 20.8 Å². The number of fused-ring (bicyclic) bond motifs is 1. The quantitative estimate of drug-likeness (QED) is 0.813. The number of nitrogens with one attached hydrogen (secondary N) is 1. The third-order valence-electron chi connectivity index (χ3n) is 3.43. The molecule has 94 valence electrons. The van der Waals surface area contributed by atoms with Gasteiger partial charge >= 0.3 is 0 Å². The number of pyridine rings is 1. The van der Waals surface area contributed by atoms with Crippen LogP contribution in [0.3, 0.4) is 0 Å². The van der Waals surface area contributed by atoms with E-state index in [0.29, 0.717) is 13.2 Å². The Morgan fingerprint density at radius 3 is 3.00 bits per heavy atom. The number of hydrogen-bond acceptors (Lipinski definition) is 3. The van der Waals surface area contributed by atoms with Crippen LogP contribution in [-0.4, -0.2) is 31.4 Å². The number of ether oxygens (including phenoxy) is 1. The van der Waals surface area contributed by atoms with Crippen LogP contribution in [0.25, 0.3) is 0 Å². The van der Waals surface area contributed by atoms with Gasteiger partial charge in [0.1, 0.15) is 0 Å². The van der Waals surface area contributed by atoms with E-state index in [4.69, 9.17) is 4.74 Å². The molecule has 0 aliphatic heterocycles. The van der Waals surface area contributed by atoms with E-state index in [9.17, 15) is 4.79 Å². The van der Waals surface area contributed by atoms with Gasteiger partial charge in [-0.25, -0.2) is 0 Å². The first-order chi connectivity index (χ1) is 8.26. The zero-order valence-corrected chi connectivity index (χ0v) is 10.5. The molecule has 1 aromatic heterocycles. The monoisotopic (exact) mass is 236 g/mol. The summed E-state index contributed by atoms with van der Waals surface area (Å²) in [4.78, 5) is 11.9. The lowest BCUT2D eigenvalue weighted by Gasteiger charge is -2.19. The molecule has 0 aromatic carbocycles. The van der Waals surface area contributed by atoms with Gasteiger partial charge in [-0.1, -0.05) is 6.07 Å². The number of methoxy groups -OCH3 is 1. The van der Waals surface area contributed by atoms with Crippen molar-refractivity contribution >= 4 is 0 Å². The molecule has 0 spiro atoms. The van der Waals surface area contributed by atoms with Gasteiger partial charge in [-0.15, -0.1) is 0 Å². The summed E-state index contributed by atoms with van der Waals surface area (Å²) in [5.41, 5.74) is 2.65. The van der Waals surface area contributed by atoms with Gasteiger partial charge in [0.15, 0.2) is 0 Å². The first-order valence-corrected chi connectivity index (χ1v) is 6.14. The van der Waals surface area contributed by atoms with E-state index in [1.807, 2.05) is 17.7 Å². The van der Waals surface area contributed by atoms with Gasteiger partial charge < -0.3 is 14.6 Å². The van der Waals surface area contributed by atoms with Gasteiger partial charge in [-0.3, -0.25) is 4.79 Å². The first kappa shape index (κ1) is 12.3. The fraction of sp³-hybridized carbons (Fsp3) is 0.615. The predicted molar refractivity (Wildman–Crippen MR) is 67.5 cm³/mol. The molecule has 1 heterocycles. The number of hydrogen-bond donors (Lipinski definition) is 1. The summed E-state index contributed by atoms with van der Waals surface area (Å²) in [5, 5.41) is 3.19. The molecule has 1 atom stereocenters. The van der Waals surface area contributed by atoms with Crippen molar-refractivity contribution in [2.45, 2.75) is 31.8 Å². The molecule has 4 nitrogen and oxygen atoms in total. The smallest absolute Gasteiger partial charge is 0.250 e. The number of aryl methyl sites for hydroxylation is 1. The zero-order valence-electron chi connectivity index (χ0n) is 10.5. The molecule has 17 heavy (non-hydrogen) atoms. The van der Waals surface area contributed by atoms with Crippen molar-refractivity contribution < 1.29 is 4.74 Å². The van der Waals surface area contributed by atoms with Crippen molar-refractivity contribution in [3.63, 3.8) is 0 Å². The van der Waals surface area contributed by atoms with Gasteiger partial charge in [0.2, 0.25) is 0 Å². The summed E-state index contributed by atoms with van der Waals surface area (Å²) in [6, 6.07) is 3.85. The van der Waals surface area contributed by atoms with Gasteiger partial charge in [0.05, 0.1) is 6.61 Å². The zero-order chi connectivity index (χ0) is 12.3. The molecule has 1 aliphatic rings. The van der Waals surface area contributed by atoms with Crippen molar-refractivity contribution in [1.82, 2.24) is 9.88 Å². The third kappa shape index (κ3) is 2.58. The molecule has 2 rings (SSSR count). The van der Waals surface area contributed by atoms with Crippen LogP contribution in [0.2, 0.25) is 0 Å². The van der Waals surface area contributed by atoms with Crippen LogP contribution in [0.15, 0.2) is 16.9 Å². The second-order valence-corrected chi connectivity index (χ2v) is 4.55. The fourth-order valence-corrected chi connectivity index (χ4v) is 2.48. The molecular weight excluding hydrogens is 216 g/mol. The van der Waals surface area contributed by atoms with E-state index < -0.39 is 0 Å². The average Bonchev–Trinajstić information content (AvgIpc) is 2.80. The van der Waals surface area contributed by atoms with Gasteiger partial charge in [-0.2, -0.15) is 0 Å². The van der Waals surface area contributed by atoms with Crippen LogP contribution >= 0.6 is 0 Å². The molecule has 0 saturated heterocycles. The Labute approximate surface area is 102 Å². The van der Waals surface area contributed by atoms with E-state index in [1.165, 1.54) is 11.3 Å². The maximum atomic E-state index is 11.9. The topological polar surface area (TPSA) is 43.3 Å². The molecule has 0 saturated carbocycles. The predicted octanol–water partition coefficient (Wildman–Crippen LogP) is 0.571. The van der Waals surface area contributed by atoms with Crippen molar-refractivity contribution in [2.24, 2.45) is 0 Å². The SMILES string of the molecule is CNC(COC)Cn1c2c(ccc1=O)CCC2. The molecule has 1 unspecified atom stereocenters. The summed E-state index contributed by atoms with van der Waals surface area (Å²) >= 11 is 0. The van der Waals surface area contributed by atoms with Crippen LogP contribution in [0.5, 0.6) is 0 Å². The minimum Gasteiger partial charge on any atom is -0.383 e. The van der Waals surface area contributed by atoms with E-state index in [2.05, 4.69) is 5.32 Å². The van der Waals surface area contributed by atoms with Crippen LogP contribution in [0, 0.1) is 0 Å². The Morgan fingerprint density at radius 1 is 1.47 bits per heavy atom.